The molecule has 1 aromatic rings. The summed E-state index contributed by atoms with van der Waals surface area (Å²) in [4.78, 5) is 2.36. The van der Waals surface area contributed by atoms with Crippen LogP contribution in [0.5, 0.6) is 0 Å². The van der Waals surface area contributed by atoms with Gasteiger partial charge in [-0.05, 0) is 31.0 Å². The van der Waals surface area contributed by atoms with Crippen LogP contribution in [0.1, 0.15) is 30.9 Å². The maximum absolute atomic E-state index is 9.02. The second-order valence-electron chi connectivity index (χ2n) is 5.05. The Bertz CT molecular complexity index is 581. The van der Waals surface area contributed by atoms with Gasteiger partial charge < -0.3 is 5.73 Å². The van der Waals surface area contributed by atoms with Crippen LogP contribution in [0.15, 0.2) is 29.8 Å². The Labute approximate surface area is 120 Å². The first-order valence-electron chi connectivity index (χ1n) is 6.96. The second-order valence-corrected chi connectivity index (χ2v) is 5.05. The molecule has 1 heterocycles. The molecule has 1 aliphatic heterocycles. The molecule has 0 amide bonds. The third-order valence-corrected chi connectivity index (χ3v) is 3.59. The lowest BCUT2D eigenvalue weighted by atomic mass is 9.96. The fourth-order valence-corrected chi connectivity index (χ4v) is 2.55. The van der Waals surface area contributed by atoms with Gasteiger partial charge >= 0.3 is 0 Å². The van der Waals surface area contributed by atoms with Crippen LogP contribution < -0.4 is 5.73 Å². The number of hydrogen-bond donors (Lipinski definition) is 2. The first kappa shape index (κ1) is 14.3. The van der Waals surface area contributed by atoms with Crippen molar-refractivity contribution in [2.24, 2.45) is 0 Å². The van der Waals surface area contributed by atoms with Gasteiger partial charge in [0, 0.05) is 18.7 Å². The number of benzene rings is 1. The highest BCUT2D eigenvalue weighted by Gasteiger charge is 2.18. The minimum Gasteiger partial charge on any atom is -0.397 e. The molecule has 4 heteroatoms. The van der Waals surface area contributed by atoms with E-state index < -0.39 is 0 Å². The molecule has 0 bridgehead atoms. The van der Waals surface area contributed by atoms with E-state index in [4.69, 9.17) is 16.4 Å². The lowest BCUT2D eigenvalue weighted by Gasteiger charge is -2.27. The van der Waals surface area contributed by atoms with Gasteiger partial charge in [0.2, 0.25) is 0 Å². The maximum atomic E-state index is 9.02. The Morgan fingerprint density at radius 3 is 3.00 bits per heavy atom. The summed E-state index contributed by atoms with van der Waals surface area (Å²) in [5.41, 5.74) is 8.95. The number of nitrogens with zero attached hydrogens (tertiary/aromatic N) is 2. The van der Waals surface area contributed by atoms with Crippen LogP contribution in [-0.4, -0.2) is 30.2 Å². The van der Waals surface area contributed by atoms with Gasteiger partial charge in [0.05, 0.1) is 17.0 Å². The van der Waals surface area contributed by atoms with Crippen molar-refractivity contribution in [1.82, 2.24) is 4.90 Å². The lowest BCUT2D eigenvalue weighted by Crippen LogP contribution is -2.33. The number of para-hydroxylation sites is 1. The van der Waals surface area contributed by atoms with Crippen LogP contribution in [0.4, 0.5) is 5.69 Å². The van der Waals surface area contributed by atoms with Crippen molar-refractivity contribution in [3.8, 4) is 6.07 Å². The molecule has 0 fully saturated rings. The van der Waals surface area contributed by atoms with Gasteiger partial charge in [0.1, 0.15) is 6.07 Å². The standard InChI is InChI=1S/C16H20N4/c1-2-8-20-9-4-6-13(11-20)16(19)14-7-3-5-12(10-17)15(14)18/h3,5-7,19H,2,4,8-9,11,18H2,1H3. The molecule has 0 unspecified atom stereocenters. The van der Waals surface area contributed by atoms with E-state index in [1.807, 2.05) is 6.07 Å². The van der Waals surface area contributed by atoms with E-state index >= 15 is 0 Å². The van der Waals surface area contributed by atoms with Crippen molar-refractivity contribution in [2.45, 2.75) is 19.8 Å². The van der Waals surface area contributed by atoms with Crippen LogP contribution in [0.3, 0.4) is 0 Å². The van der Waals surface area contributed by atoms with E-state index in [9.17, 15) is 0 Å². The fraction of sp³-hybridized carbons (Fsp3) is 0.375. The van der Waals surface area contributed by atoms with Crippen molar-refractivity contribution in [3.63, 3.8) is 0 Å². The summed E-state index contributed by atoms with van der Waals surface area (Å²) in [5, 5.41) is 17.4. The van der Waals surface area contributed by atoms with E-state index in [2.05, 4.69) is 24.0 Å². The summed E-state index contributed by atoms with van der Waals surface area (Å²) in [6.07, 6.45) is 4.20. The zero-order valence-electron chi connectivity index (χ0n) is 11.8. The quantitative estimate of drug-likeness (QED) is 0.650. The monoisotopic (exact) mass is 268 g/mol. The van der Waals surface area contributed by atoms with Gasteiger partial charge in [0.25, 0.3) is 0 Å². The van der Waals surface area contributed by atoms with Gasteiger partial charge in [0.15, 0.2) is 0 Å². The predicted molar refractivity (Wildman–Crippen MR) is 81.8 cm³/mol. The summed E-state index contributed by atoms with van der Waals surface area (Å²) in [7, 11) is 0. The van der Waals surface area contributed by atoms with E-state index in [1.165, 1.54) is 0 Å². The Morgan fingerprint density at radius 2 is 2.30 bits per heavy atom. The number of nitrogens with two attached hydrogens (primary N) is 1. The summed E-state index contributed by atoms with van der Waals surface area (Å²) in [6, 6.07) is 7.36. The van der Waals surface area contributed by atoms with E-state index in [0.717, 1.165) is 38.0 Å². The van der Waals surface area contributed by atoms with Crippen LogP contribution in [-0.2, 0) is 0 Å². The molecule has 0 atom stereocenters. The maximum Gasteiger partial charge on any atom is 0.101 e. The van der Waals surface area contributed by atoms with Crippen LogP contribution in [0.25, 0.3) is 0 Å². The Balaban J connectivity index is 2.24. The van der Waals surface area contributed by atoms with Gasteiger partial charge in [-0.25, -0.2) is 0 Å². The number of rotatable bonds is 4. The fourth-order valence-electron chi connectivity index (χ4n) is 2.55. The molecule has 0 aliphatic carbocycles. The van der Waals surface area contributed by atoms with Gasteiger partial charge in [-0.3, -0.25) is 10.3 Å². The zero-order chi connectivity index (χ0) is 14.5. The minimum atomic E-state index is 0.411. The summed E-state index contributed by atoms with van der Waals surface area (Å²) >= 11 is 0. The Morgan fingerprint density at radius 1 is 1.50 bits per heavy atom. The molecule has 1 aromatic carbocycles. The van der Waals surface area contributed by atoms with Crippen molar-refractivity contribution in [3.05, 3.63) is 41.0 Å². The Hall–Kier alpha value is -2.12. The molecule has 4 nitrogen and oxygen atoms in total. The number of hydrogen-bond acceptors (Lipinski definition) is 4. The Kier molecular flexibility index (Phi) is 4.54. The average molecular weight is 268 g/mol. The lowest BCUT2D eigenvalue weighted by molar-refractivity contribution is 0.295. The molecule has 20 heavy (non-hydrogen) atoms. The molecule has 0 saturated heterocycles. The van der Waals surface area contributed by atoms with Crippen LogP contribution >= 0.6 is 0 Å². The van der Waals surface area contributed by atoms with Gasteiger partial charge in [-0.15, -0.1) is 0 Å². The second kappa shape index (κ2) is 6.36. The molecule has 3 N–H and O–H groups in total. The molecule has 0 saturated carbocycles. The smallest absolute Gasteiger partial charge is 0.101 e. The van der Waals surface area contributed by atoms with Crippen molar-refractivity contribution in [2.75, 3.05) is 25.4 Å². The highest BCUT2D eigenvalue weighted by atomic mass is 15.1. The van der Waals surface area contributed by atoms with E-state index in [0.29, 0.717) is 22.5 Å². The van der Waals surface area contributed by atoms with Gasteiger partial charge in [-0.2, -0.15) is 5.26 Å². The largest absolute Gasteiger partial charge is 0.397 e. The molecule has 1 aliphatic rings. The predicted octanol–water partition coefficient (Wildman–Crippen LogP) is 2.55. The summed E-state index contributed by atoms with van der Waals surface area (Å²) in [5.74, 6) is 0. The molecule has 0 radical (unpaired) electrons. The zero-order valence-corrected chi connectivity index (χ0v) is 11.8. The van der Waals surface area contributed by atoms with Crippen LogP contribution in [0.2, 0.25) is 0 Å². The summed E-state index contributed by atoms with van der Waals surface area (Å²) in [6.45, 7) is 5.07. The first-order valence-corrected chi connectivity index (χ1v) is 6.96. The molecule has 2 rings (SSSR count). The average Bonchev–Trinajstić information content (AvgIpc) is 2.47. The third kappa shape index (κ3) is 2.89. The molecule has 0 aromatic heterocycles. The van der Waals surface area contributed by atoms with Crippen molar-refractivity contribution < 1.29 is 0 Å². The highest BCUT2D eigenvalue weighted by Crippen LogP contribution is 2.22. The number of anilines is 1. The number of nitrogens with one attached hydrogen (secondary N) is 1. The van der Waals surface area contributed by atoms with E-state index in [1.54, 1.807) is 12.1 Å². The molecule has 104 valence electrons. The minimum absolute atomic E-state index is 0.411. The normalized spacial score (nSPS) is 15.5. The SMILES string of the molecule is CCCN1CCC=C(C(=N)c2cccc(C#N)c2N)C1. The first-order chi connectivity index (χ1) is 9.67. The van der Waals surface area contributed by atoms with Crippen molar-refractivity contribution in [1.29, 1.82) is 10.7 Å². The molecular formula is C16H20N4. The van der Waals surface area contributed by atoms with Crippen molar-refractivity contribution >= 4 is 11.4 Å². The van der Waals surface area contributed by atoms with Gasteiger partial charge in [-0.1, -0.05) is 25.1 Å². The highest BCUT2D eigenvalue weighted by molar-refractivity contribution is 6.14. The third-order valence-electron chi connectivity index (χ3n) is 3.59. The topological polar surface area (TPSA) is 76.9 Å². The van der Waals surface area contributed by atoms with E-state index in [-0.39, 0.29) is 0 Å². The number of nitriles is 1. The number of nitrogen functional groups attached to an aromatic ring is 1. The molecule has 0 spiro atoms. The summed E-state index contributed by atoms with van der Waals surface area (Å²) < 4.78 is 0. The van der Waals surface area contributed by atoms with Crippen LogP contribution in [0, 0.1) is 16.7 Å². The molecular weight excluding hydrogens is 248 g/mol.